The van der Waals surface area contributed by atoms with Gasteiger partial charge in [0.05, 0.1) is 11.7 Å². The molecule has 1 aliphatic rings. The third-order valence-electron chi connectivity index (χ3n) is 3.82. The normalized spacial score (nSPS) is 19.0. The monoisotopic (exact) mass is 391 g/mol. The predicted molar refractivity (Wildman–Crippen MR) is 94.9 cm³/mol. The number of aryl methyl sites for hydroxylation is 1. The summed E-state index contributed by atoms with van der Waals surface area (Å²) in [4.78, 5) is 0. The van der Waals surface area contributed by atoms with Crippen molar-refractivity contribution in [2.24, 2.45) is 0 Å². The second-order valence-corrected chi connectivity index (χ2v) is 7.87. The molecule has 1 unspecified atom stereocenters. The Morgan fingerprint density at radius 2 is 2.17 bits per heavy atom. The molecule has 2 aromatic rings. The van der Waals surface area contributed by atoms with Crippen LogP contribution in [-0.4, -0.2) is 37.5 Å². The van der Waals surface area contributed by atoms with E-state index in [4.69, 9.17) is 16.1 Å². The van der Waals surface area contributed by atoms with E-state index in [9.17, 15) is 8.42 Å². The Morgan fingerprint density at radius 1 is 1.42 bits per heavy atom. The van der Waals surface area contributed by atoms with Crippen molar-refractivity contribution in [1.29, 1.82) is 0 Å². The molecule has 0 radical (unpaired) electrons. The van der Waals surface area contributed by atoms with Crippen LogP contribution < -0.4 is 5.32 Å². The van der Waals surface area contributed by atoms with Gasteiger partial charge in [-0.25, -0.2) is 8.42 Å². The third-order valence-corrected chi connectivity index (χ3v) is 5.96. The molecule has 1 atom stereocenters. The summed E-state index contributed by atoms with van der Waals surface area (Å²) in [6, 6.07) is 8.64. The lowest BCUT2D eigenvalue weighted by Gasteiger charge is -2.35. The van der Waals surface area contributed by atoms with Gasteiger partial charge in [0.15, 0.2) is 5.76 Å². The highest BCUT2D eigenvalue weighted by molar-refractivity contribution is 7.88. The number of benzene rings is 1. The molecule has 6 nitrogen and oxygen atoms in total. The summed E-state index contributed by atoms with van der Waals surface area (Å²) < 4.78 is 32.2. The number of rotatable bonds is 4. The van der Waals surface area contributed by atoms with Gasteiger partial charge in [-0.15, -0.1) is 12.4 Å². The van der Waals surface area contributed by atoms with Crippen LogP contribution in [0.5, 0.6) is 0 Å². The molecule has 0 amide bonds. The minimum atomic E-state index is -3.54. The highest BCUT2D eigenvalue weighted by atomic mass is 35.5. The van der Waals surface area contributed by atoms with Gasteiger partial charge in [0, 0.05) is 30.7 Å². The number of hydrogen-bond donors (Lipinski definition) is 1. The number of nitrogens with zero attached hydrogens (tertiary/aromatic N) is 2. The fourth-order valence-corrected chi connectivity index (χ4v) is 4.64. The molecule has 0 bridgehead atoms. The Labute approximate surface area is 152 Å². The first kappa shape index (κ1) is 19.2. The van der Waals surface area contributed by atoms with E-state index in [1.807, 2.05) is 18.2 Å². The fraction of sp³-hybridized carbons (Fsp3) is 0.400. The van der Waals surface area contributed by atoms with Gasteiger partial charge in [-0.05, 0) is 18.6 Å². The predicted octanol–water partition coefficient (Wildman–Crippen LogP) is 2.53. The summed E-state index contributed by atoms with van der Waals surface area (Å²) >= 11 is 6.26. The lowest BCUT2D eigenvalue weighted by Crippen LogP contribution is -2.49. The van der Waals surface area contributed by atoms with Crippen LogP contribution in [0.1, 0.15) is 23.1 Å². The molecule has 132 valence electrons. The Kier molecular flexibility index (Phi) is 6.28. The summed E-state index contributed by atoms with van der Waals surface area (Å²) in [5.74, 6) is 0.147. The maximum atomic E-state index is 12.8. The third kappa shape index (κ3) is 4.10. The molecule has 0 aliphatic carbocycles. The number of aromatic nitrogens is 1. The number of hydrogen-bond acceptors (Lipinski definition) is 5. The molecule has 24 heavy (non-hydrogen) atoms. The Bertz CT molecular complexity index is 795. The van der Waals surface area contributed by atoms with Gasteiger partial charge < -0.3 is 9.84 Å². The molecule has 2 heterocycles. The fourth-order valence-electron chi connectivity index (χ4n) is 2.78. The number of halogens is 2. The second-order valence-electron chi connectivity index (χ2n) is 5.54. The van der Waals surface area contributed by atoms with E-state index in [1.165, 1.54) is 4.31 Å². The summed E-state index contributed by atoms with van der Waals surface area (Å²) in [6.45, 7) is 3.29. The van der Waals surface area contributed by atoms with Crippen LogP contribution in [0.25, 0.3) is 0 Å². The van der Waals surface area contributed by atoms with Gasteiger partial charge in [-0.3, -0.25) is 0 Å². The molecular formula is C15H19Cl2N3O3S. The van der Waals surface area contributed by atoms with Crippen molar-refractivity contribution >= 4 is 34.0 Å². The van der Waals surface area contributed by atoms with Gasteiger partial charge in [0.1, 0.15) is 5.75 Å². The summed E-state index contributed by atoms with van der Waals surface area (Å²) in [5, 5.41) is 7.54. The van der Waals surface area contributed by atoms with E-state index < -0.39 is 10.0 Å². The minimum absolute atomic E-state index is 0. The maximum Gasteiger partial charge on any atom is 0.222 e. The van der Waals surface area contributed by atoms with E-state index in [0.717, 1.165) is 5.56 Å². The van der Waals surface area contributed by atoms with E-state index in [-0.39, 0.29) is 24.2 Å². The van der Waals surface area contributed by atoms with Crippen LogP contribution in [0.15, 0.2) is 34.9 Å². The van der Waals surface area contributed by atoms with Crippen LogP contribution in [-0.2, 0) is 15.8 Å². The first-order chi connectivity index (χ1) is 11.0. The largest absolute Gasteiger partial charge is 0.360 e. The lowest BCUT2D eigenvalue weighted by molar-refractivity contribution is 0.269. The summed E-state index contributed by atoms with van der Waals surface area (Å²) in [6.07, 6.45) is 0. The Hall–Kier alpha value is -1.12. The first-order valence-electron chi connectivity index (χ1n) is 7.34. The van der Waals surface area contributed by atoms with E-state index in [2.05, 4.69) is 10.5 Å². The van der Waals surface area contributed by atoms with E-state index in [0.29, 0.717) is 36.1 Å². The smallest absolute Gasteiger partial charge is 0.222 e. The van der Waals surface area contributed by atoms with Crippen molar-refractivity contribution < 1.29 is 12.9 Å². The van der Waals surface area contributed by atoms with Crippen molar-refractivity contribution in [1.82, 2.24) is 14.8 Å². The van der Waals surface area contributed by atoms with Gasteiger partial charge in [-0.2, -0.15) is 4.31 Å². The van der Waals surface area contributed by atoms with Crippen LogP contribution >= 0.6 is 24.0 Å². The molecule has 0 saturated carbocycles. The van der Waals surface area contributed by atoms with Crippen molar-refractivity contribution in [3.8, 4) is 0 Å². The quantitative estimate of drug-likeness (QED) is 0.866. The Balaban J connectivity index is 0.00000208. The van der Waals surface area contributed by atoms with Crippen molar-refractivity contribution in [2.45, 2.75) is 18.7 Å². The molecule has 1 saturated heterocycles. The molecule has 1 N–H and O–H groups in total. The van der Waals surface area contributed by atoms with Crippen LogP contribution in [0.3, 0.4) is 0 Å². The Morgan fingerprint density at radius 3 is 2.83 bits per heavy atom. The minimum Gasteiger partial charge on any atom is -0.360 e. The van der Waals surface area contributed by atoms with Gasteiger partial charge in [0.2, 0.25) is 10.0 Å². The average molecular weight is 392 g/mol. The maximum absolute atomic E-state index is 12.8. The van der Waals surface area contributed by atoms with Crippen LogP contribution in [0, 0.1) is 6.92 Å². The van der Waals surface area contributed by atoms with Gasteiger partial charge in [0.25, 0.3) is 0 Å². The molecule has 3 rings (SSSR count). The molecular weight excluding hydrogens is 373 g/mol. The average Bonchev–Trinajstić information content (AvgIpc) is 2.92. The van der Waals surface area contributed by atoms with Crippen molar-refractivity contribution in [3.63, 3.8) is 0 Å². The van der Waals surface area contributed by atoms with Crippen molar-refractivity contribution in [2.75, 3.05) is 19.6 Å². The number of sulfonamides is 1. The molecule has 1 fully saturated rings. The molecule has 1 aromatic carbocycles. The number of piperazine rings is 1. The number of nitrogens with one attached hydrogen (secondary N) is 1. The summed E-state index contributed by atoms with van der Waals surface area (Å²) in [7, 11) is -3.54. The summed E-state index contributed by atoms with van der Waals surface area (Å²) in [5.41, 5.74) is 1.47. The van der Waals surface area contributed by atoms with Gasteiger partial charge in [-0.1, -0.05) is 35.0 Å². The zero-order valence-corrected chi connectivity index (χ0v) is 15.5. The molecule has 1 aromatic heterocycles. The van der Waals surface area contributed by atoms with Gasteiger partial charge >= 0.3 is 0 Å². The molecule has 0 spiro atoms. The SMILES string of the molecule is Cc1cc(CS(=O)(=O)N2CCNCC2c2ccccc2Cl)on1.Cl. The van der Waals surface area contributed by atoms with E-state index >= 15 is 0 Å². The zero-order valence-electron chi connectivity index (χ0n) is 13.1. The molecule has 9 heteroatoms. The lowest BCUT2D eigenvalue weighted by atomic mass is 10.1. The standard InChI is InChI=1S/C15H18ClN3O3S.ClH/c1-11-8-12(22-18-11)10-23(20,21)19-7-6-17-9-15(19)13-4-2-3-5-14(13)16;/h2-5,8,15,17H,6-7,9-10H2,1H3;1H. The first-order valence-corrected chi connectivity index (χ1v) is 9.33. The van der Waals surface area contributed by atoms with Crippen LogP contribution in [0.2, 0.25) is 5.02 Å². The highest BCUT2D eigenvalue weighted by Crippen LogP contribution is 2.31. The second kappa shape index (κ2) is 7.84. The van der Waals surface area contributed by atoms with Crippen molar-refractivity contribution in [3.05, 3.63) is 52.4 Å². The zero-order chi connectivity index (χ0) is 16.4. The van der Waals surface area contributed by atoms with E-state index in [1.54, 1.807) is 19.1 Å². The molecule has 1 aliphatic heterocycles. The topological polar surface area (TPSA) is 75.4 Å². The van der Waals surface area contributed by atoms with Crippen LogP contribution in [0.4, 0.5) is 0 Å². The highest BCUT2D eigenvalue weighted by Gasteiger charge is 2.34.